The van der Waals surface area contributed by atoms with Gasteiger partial charge < -0.3 is 10.5 Å². The van der Waals surface area contributed by atoms with Gasteiger partial charge >= 0.3 is 0 Å². The molecule has 0 aliphatic carbocycles. The van der Waals surface area contributed by atoms with Gasteiger partial charge in [-0.05, 0) is 25.1 Å². The van der Waals surface area contributed by atoms with Gasteiger partial charge in [-0.15, -0.1) is 0 Å². The molecule has 5 heteroatoms. The third-order valence-electron chi connectivity index (χ3n) is 2.22. The summed E-state index contributed by atoms with van der Waals surface area (Å²) >= 11 is 13.8. The summed E-state index contributed by atoms with van der Waals surface area (Å²) in [6, 6.07) is 5.34. The average Bonchev–Trinajstić information content (AvgIpc) is 2.28. The number of thioether (sulfide) groups is 1. The fourth-order valence-electron chi connectivity index (χ4n) is 1.33. The van der Waals surface area contributed by atoms with Crippen molar-refractivity contribution in [3.63, 3.8) is 0 Å². The lowest BCUT2D eigenvalue weighted by atomic mass is 10.3. The molecule has 0 bridgehead atoms. The lowest BCUT2D eigenvalue weighted by Crippen LogP contribution is -2.10. The van der Waals surface area contributed by atoms with Crippen molar-refractivity contribution in [3.05, 3.63) is 28.2 Å². The van der Waals surface area contributed by atoms with Crippen LogP contribution in [0.25, 0.3) is 0 Å². The summed E-state index contributed by atoms with van der Waals surface area (Å²) in [5.41, 5.74) is 5.48. The van der Waals surface area contributed by atoms with E-state index in [0.29, 0.717) is 27.7 Å². The van der Waals surface area contributed by atoms with Gasteiger partial charge in [-0.1, -0.05) is 36.2 Å². The lowest BCUT2D eigenvalue weighted by molar-refractivity contribution is 0.344. The number of hydrogen-bond donors (Lipinski definition) is 1. The number of para-hydroxylation sites is 1. The second-order valence-electron chi connectivity index (χ2n) is 3.66. The zero-order valence-corrected chi connectivity index (χ0v) is 12.1. The number of benzene rings is 1. The van der Waals surface area contributed by atoms with Crippen LogP contribution in [0, 0.1) is 0 Å². The Balaban J connectivity index is 2.31. The molecule has 1 aromatic rings. The van der Waals surface area contributed by atoms with Crippen molar-refractivity contribution in [2.75, 3.05) is 18.9 Å². The van der Waals surface area contributed by atoms with Crippen molar-refractivity contribution in [1.82, 2.24) is 0 Å². The van der Waals surface area contributed by atoms with E-state index in [1.165, 1.54) is 0 Å². The standard InChI is InChI=1S/C12H17Cl2NOS/c1-9(5-6-15)17-8-7-16-12-10(13)3-2-4-11(12)14/h2-4,9H,5-8,15H2,1H3. The van der Waals surface area contributed by atoms with Crippen molar-refractivity contribution < 1.29 is 4.74 Å². The Bertz CT molecular complexity index is 329. The van der Waals surface area contributed by atoms with Gasteiger partial charge in [-0.25, -0.2) is 0 Å². The van der Waals surface area contributed by atoms with Gasteiger partial charge in [0, 0.05) is 11.0 Å². The fraction of sp³-hybridized carbons (Fsp3) is 0.500. The molecule has 1 rings (SSSR count). The van der Waals surface area contributed by atoms with Crippen LogP contribution in [-0.4, -0.2) is 24.2 Å². The van der Waals surface area contributed by atoms with Crippen LogP contribution < -0.4 is 10.5 Å². The largest absolute Gasteiger partial charge is 0.490 e. The molecule has 1 atom stereocenters. The minimum absolute atomic E-state index is 0.553. The predicted octanol–water partition coefficient (Wildman–Crippen LogP) is 3.84. The third-order valence-corrected chi connectivity index (χ3v) is 4.03. The molecule has 0 saturated heterocycles. The zero-order chi connectivity index (χ0) is 12.7. The van der Waals surface area contributed by atoms with Crippen molar-refractivity contribution in [2.45, 2.75) is 18.6 Å². The molecule has 2 N–H and O–H groups in total. The zero-order valence-electron chi connectivity index (χ0n) is 9.79. The highest BCUT2D eigenvalue weighted by molar-refractivity contribution is 7.99. The maximum Gasteiger partial charge on any atom is 0.156 e. The molecule has 96 valence electrons. The summed E-state index contributed by atoms with van der Waals surface area (Å²) in [7, 11) is 0. The molecule has 0 aliphatic rings. The predicted molar refractivity (Wildman–Crippen MR) is 77.5 cm³/mol. The Kier molecular flexibility index (Phi) is 7.12. The second kappa shape index (κ2) is 8.09. The van der Waals surface area contributed by atoms with Gasteiger partial charge in [0.1, 0.15) is 0 Å². The van der Waals surface area contributed by atoms with Crippen LogP contribution in [0.5, 0.6) is 5.75 Å². The smallest absolute Gasteiger partial charge is 0.156 e. The molecular formula is C12H17Cl2NOS. The molecular weight excluding hydrogens is 277 g/mol. The molecule has 1 aromatic carbocycles. The Labute approximate surface area is 117 Å². The van der Waals surface area contributed by atoms with Gasteiger partial charge in [0.25, 0.3) is 0 Å². The Morgan fingerprint density at radius 1 is 1.35 bits per heavy atom. The summed E-state index contributed by atoms with van der Waals surface area (Å²) in [5, 5.41) is 1.67. The van der Waals surface area contributed by atoms with Gasteiger partial charge in [0.2, 0.25) is 0 Å². The van der Waals surface area contributed by atoms with Gasteiger partial charge in [-0.2, -0.15) is 11.8 Å². The molecule has 17 heavy (non-hydrogen) atoms. The number of nitrogens with two attached hydrogens (primary N) is 1. The Morgan fingerprint density at radius 2 is 2.00 bits per heavy atom. The van der Waals surface area contributed by atoms with E-state index in [4.69, 9.17) is 33.7 Å². The fourth-order valence-corrected chi connectivity index (χ4v) is 2.72. The van der Waals surface area contributed by atoms with Crippen LogP contribution in [0.3, 0.4) is 0 Å². The van der Waals surface area contributed by atoms with E-state index in [0.717, 1.165) is 18.7 Å². The van der Waals surface area contributed by atoms with E-state index in [2.05, 4.69) is 6.92 Å². The van der Waals surface area contributed by atoms with Crippen molar-refractivity contribution >= 4 is 35.0 Å². The van der Waals surface area contributed by atoms with Crippen LogP contribution in [0.15, 0.2) is 18.2 Å². The number of ether oxygens (including phenoxy) is 1. The van der Waals surface area contributed by atoms with E-state index in [1.807, 2.05) is 11.8 Å². The molecule has 0 spiro atoms. The maximum atomic E-state index is 5.99. The molecule has 1 unspecified atom stereocenters. The first kappa shape index (κ1) is 15.0. The quantitative estimate of drug-likeness (QED) is 0.776. The molecule has 0 aromatic heterocycles. The molecule has 0 heterocycles. The first-order valence-corrected chi connectivity index (χ1v) is 7.34. The molecule has 0 amide bonds. The SMILES string of the molecule is CC(CCN)SCCOc1c(Cl)cccc1Cl. The van der Waals surface area contributed by atoms with Crippen molar-refractivity contribution in [3.8, 4) is 5.75 Å². The molecule has 2 nitrogen and oxygen atoms in total. The molecule has 0 radical (unpaired) electrons. The number of halogens is 2. The Morgan fingerprint density at radius 3 is 2.59 bits per heavy atom. The van der Waals surface area contributed by atoms with E-state index >= 15 is 0 Å². The summed E-state index contributed by atoms with van der Waals surface area (Å²) in [6.45, 7) is 3.49. The van der Waals surface area contributed by atoms with Crippen LogP contribution in [0.4, 0.5) is 0 Å². The van der Waals surface area contributed by atoms with E-state index in [-0.39, 0.29) is 0 Å². The second-order valence-corrected chi connectivity index (χ2v) is 6.02. The van der Waals surface area contributed by atoms with Crippen LogP contribution in [-0.2, 0) is 0 Å². The first-order chi connectivity index (χ1) is 8.15. The van der Waals surface area contributed by atoms with Crippen molar-refractivity contribution in [2.24, 2.45) is 5.73 Å². The summed E-state index contributed by atoms with van der Waals surface area (Å²) in [6.07, 6.45) is 1.03. The average molecular weight is 294 g/mol. The summed E-state index contributed by atoms with van der Waals surface area (Å²) < 4.78 is 5.58. The molecule has 0 fully saturated rings. The van der Waals surface area contributed by atoms with Gasteiger partial charge in [0.05, 0.1) is 16.7 Å². The lowest BCUT2D eigenvalue weighted by Gasteiger charge is -2.12. The van der Waals surface area contributed by atoms with Crippen molar-refractivity contribution in [1.29, 1.82) is 0 Å². The first-order valence-electron chi connectivity index (χ1n) is 5.53. The normalized spacial score (nSPS) is 12.5. The number of rotatable bonds is 7. The Hall–Kier alpha value is -0.0900. The van der Waals surface area contributed by atoms with Crippen LogP contribution in [0.1, 0.15) is 13.3 Å². The number of hydrogen-bond acceptors (Lipinski definition) is 3. The maximum absolute atomic E-state index is 5.99. The van der Waals surface area contributed by atoms with E-state index in [9.17, 15) is 0 Å². The highest BCUT2D eigenvalue weighted by Crippen LogP contribution is 2.32. The van der Waals surface area contributed by atoms with E-state index in [1.54, 1.807) is 18.2 Å². The minimum atomic E-state index is 0.553. The molecule has 0 aliphatic heterocycles. The van der Waals surface area contributed by atoms with Gasteiger partial charge in [0.15, 0.2) is 5.75 Å². The highest BCUT2D eigenvalue weighted by atomic mass is 35.5. The minimum Gasteiger partial charge on any atom is -0.490 e. The van der Waals surface area contributed by atoms with Crippen LogP contribution in [0.2, 0.25) is 10.0 Å². The molecule has 0 saturated carbocycles. The highest BCUT2D eigenvalue weighted by Gasteiger charge is 2.07. The third kappa shape index (κ3) is 5.38. The van der Waals surface area contributed by atoms with Gasteiger partial charge in [-0.3, -0.25) is 0 Å². The summed E-state index contributed by atoms with van der Waals surface area (Å²) in [4.78, 5) is 0. The monoisotopic (exact) mass is 293 g/mol. The topological polar surface area (TPSA) is 35.2 Å². The van der Waals surface area contributed by atoms with Crippen LogP contribution >= 0.6 is 35.0 Å². The van der Waals surface area contributed by atoms with E-state index < -0.39 is 0 Å². The summed E-state index contributed by atoms with van der Waals surface area (Å²) in [5.74, 6) is 1.48.